The molecular formula is C21H27N3O2. The highest BCUT2D eigenvalue weighted by molar-refractivity contribution is 5.76. The number of nitrogens with zero attached hydrogens (tertiary/aromatic N) is 2. The van der Waals surface area contributed by atoms with Gasteiger partial charge < -0.3 is 15.2 Å². The number of hydrogen-bond donors (Lipinski definition) is 3. The molecule has 0 fully saturated rings. The van der Waals surface area contributed by atoms with Crippen molar-refractivity contribution in [1.29, 1.82) is 0 Å². The summed E-state index contributed by atoms with van der Waals surface area (Å²) in [4.78, 5) is 3.20. The lowest BCUT2D eigenvalue weighted by Crippen LogP contribution is -2.43. The lowest BCUT2D eigenvalue weighted by Gasteiger charge is -2.39. The van der Waals surface area contributed by atoms with Gasteiger partial charge in [0.2, 0.25) is 0 Å². The molecule has 1 aliphatic carbocycles. The summed E-state index contributed by atoms with van der Waals surface area (Å²) in [5, 5.41) is 30.4. The maximum absolute atomic E-state index is 11.4. The Bertz CT molecular complexity index is 823. The van der Waals surface area contributed by atoms with E-state index in [1.165, 1.54) is 0 Å². The van der Waals surface area contributed by atoms with Crippen LogP contribution in [-0.2, 0) is 5.41 Å². The number of allylic oxidation sites excluding steroid dienone is 1. The van der Waals surface area contributed by atoms with Crippen LogP contribution in [0.1, 0.15) is 56.7 Å². The highest BCUT2D eigenvalue weighted by atomic mass is 16.3. The van der Waals surface area contributed by atoms with Gasteiger partial charge in [-0.15, -0.1) is 10.2 Å². The lowest BCUT2D eigenvalue weighted by molar-refractivity contribution is 0.148. The Kier molecular flexibility index (Phi) is 5.28. The lowest BCUT2D eigenvalue weighted by atomic mass is 9.67. The van der Waals surface area contributed by atoms with Crippen LogP contribution in [0, 0.1) is 6.92 Å². The average Bonchev–Trinajstić information content (AvgIpc) is 3.07. The Hall–Kier alpha value is -2.40. The number of H-pyrrole nitrogens is 1. The summed E-state index contributed by atoms with van der Waals surface area (Å²) in [5.74, 6) is 1.47. The number of rotatable bonds is 6. The van der Waals surface area contributed by atoms with Crippen LogP contribution >= 0.6 is 0 Å². The Morgan fingerprint density at radius 1 is 1.15 bits per heavy atom. The van der Waals surface area contributed by atoms with E-state index in [0.29, 0.717) is 17.2 Å². The van der Waals surface area contributed by atoms with Gasteiger partial charge in [-0.2, -0.15) is 0 Å². The monoisotopic (exact) mass is 353 g/mol. The summed E-state index contributed by atoms with van der Waals surface area (Å²) < 4.78 is 0. The number of nitrogens with one attached hydrogen (secondary N) is 1. The van der Waals surface area contributed by atoms with E-state index < -0.39 is 11.5 Å². The molecule has 5 nitrogen and oxygen atoms in total. The van der Waals surface area contributed by atoms with Crippen LogP contribution in [0.3, 0.4) is 0 Å². The zero-order valence-corrected chi connectivity index (χ0v) is 15.7. The summed E-state index contributed by atoms with van der Waals surface area (Å²) in [6, 6.07) is 9.52. The predicted molar refractivity (Wildman–Crippen MR) is 103 cm³/mol. The first-order valence-corrected chi connectivity index (χ1v) is 9.26. The molecule has 1 heterocycles. The quantitative estimate of drug-likeness (QED) is 0.679. The minimum atomic E-state index is -0.918. The molecule has 1 aromatic carbocycles. The van der Waals surface area contributed by atoms with Crippen molar-refractivity contribution in [2.45, 2.75) is 58.0 Å². The van der Waals surface area contributed by atoms with E-state index in [0.717, 1.165) is 36.8 Å². The number of aromatic nitrogens is 3. The second kappa shape index (κ2) is 7.46. The van der Waals surface area contributed by atoms with Crippen LogP contribution in [0.15, 0.2) is 47.7 Å². The molecule has 2 unspecified atom stereocenters. The van der Waals surface area contributed by atoms with Crippen molar-refractivity contribution in [3.8, 4) is 0 Å². The van der Waals surface area contributed by atoms with E-state index in [4.69, 9.17) is 0 Å². The Morgan fingerprint density at radius 3 is 2.50 bits per heavy atom. The van der Waals surface area contributed by atoms with E-state index in [-0.39, 0.29) is 5.76 Å². The molecule has 3 rings (SSSR count). The largest absolute Gasteiger partial charge is 0.508 e. The van der Waals surface area contributed by atoms with Gasteiger partial charge in [0.25, 0.3) is 0 Å². The summed E-state index contributed by atoms with van der Waals surface area (Å²) >= 11 is 0. The molecule has 0 saturated heterocycles. The third-order valence-electron chi connectivity index (χ3n) is 5.30. The minimum Gasteiger partial charge on any atom is -0.508 e. The summed E-state index contributed by atoms with van der Waals surface area (Å²) in [5.41, 5.74) is 1.56. The number of aliphatic hydroxyl groups excluding tert-OH is 2. The topological polar surface area (TPSA) is 82.0 Å². The molecule has 138 valence electrons. The van der Waals surface area contributed by atoms with Crippen molar-refractivity contribution in [2.75, 3.05) is 0 Å². The van der Waals surface area contributed by atoms with Crippen molar-refractivity contribution in [2.24, 2.45) is 0 Å². The van der Waals surface area contributed by atoms with Crippen molar-refractivity contribution >= 4 is 5.57 Å². The highest BCUT2D eigenvalue weighted by Gasteiger charge is 2.46. The van der Waals surface area contributed by atoms with Crippen LogP contribution in [0.25, 0.3) is 5.57 Å². The SMILES string of the molecule is CCCCCC1=CC(O)=C(c2ccccc2)C(O)C1(C)c1nnc(C)[nH]1. The highest BCUT2D eigenvalue weighted by Crippen LogP contribution is 2.45. The van der Waals surface area contributed by atoms with Crippen LogP contribution in [0.4, 0.5) is 0 Å². The number of unbranched alkanes of at least 4 members (excludes halogenated alkanes) is 2. The van der Waals surface area contributed by atoms with E-state index in [2.05, 4.69) is 22.1 Å². The zero-order chi connectivity index (χ0) is 18.7. The van der Waals surface area contributed by atoms with Gasteiger partial charge in [0, 0.05) is 5.57 Å². The first kappa shape index (κ1) is 18.4. The molecule has 2 atom stereocenters. The molecule has 0 amide bonds. The van der Waals surface area contributed by atoms with E-state index >= 15 is 0 Å². The van der Waals surface area contributed by atoms with Gasteiger partial charge in [-0.1, -0.05) is 55.7 Å². The number of aryl methyl sites for hydroxylation is 1. The van der Waals surface area contributed by atoms with Crippen molar-refractivity contribution < 1.29 is 10.2 Å². The van der Waals surface area contributed by atoms with Gasteiger partial charge in [-0.05, 0) is 38.3 Å². The molecule has 26 heavy (non-hydrogen) atoms. The minimum absolute atomic E-state index is 0.129. The molecule has 1 aromatic heterocycles. The van der Waals surface area contributed by atoms with Gasteiger partial charge in [-0.25, -0.2) is 0 Å². The summed E-state index contributed by atoms with van der Waals surface area (Å²) in [6.07, 6.45) is 4.92. The second-order valence-corrected chi connectivity index (χ2v) is 7.16. The van der Waals surface area contributed by atoms with Crippen molar-refractivity contribution in [3.63, 3.8) is 0 Å². The standard InChI is InChI=1S/C21H27N3O2/c1-4-5-7-12-16-13-17(25)18(15-10-8-6-9-11-15)19(26)21(16,3)20-22-14(2)23-24-20/h6,8-11,13,19,25-26H,4-5,7,12H2,1-3H3,(H,22,23,24). The van der Waals surface area contributed by atoms with Gasteiger partial charge in [0.15, 0.2) is 0 Å². The molecule has 2 aromatic rings. The molecule has 3 N–H and O–H groups in total. The zero-order valence-electron chi connectivity index (χ0n) is 15.7. The fourth-order valence-corrected chi connectivity index (χ4v) is 3.68. The van der Waals surface area contributed by atoms with E-state index in [1.54, 1.807) is 0 Å². The first-order chi connectivity index (χ1) is 12.5. The average molecular weight is 353 g/mol. The Morgan fingerprint density at radius 2 is 1.88 bits per heavy atom. The third-order valence-corrected chi connectivity index (χ3v) is 5.30. The summed E-state index contributed by atoms with van der Waals surface area (Å²) in [6.45, 7) is 5.99. The van der Waals surface area contributed by atoms with Crippen LogP contribution in [0.5, 0.6) is 0 Å². The van der Waals surface area contributed by atoms with E-state index in [9.17, 15) is 10.2 Å². The number of aromatic amines is 1. The van der Waals surface area contributed by atoms with Crippen LogP contribution in [-0.4, -0.2) is 31.5 Å². The molecule has 0 spiro atoms. The smallest absolute Gasteiger partial charge is 0.143 e. The normalized spacial score (nSPS) is 23.2. The van der Waals surface area contributed by atoms with Gasteiger partial charge >= 0.3 is 0 Å². The molecule has 0 saturated carbocycles. The van der Waals surface area contributed by atoms with Crippen LogP contribution < -0.4 is 0 Å². The first-order valence-electron chi connectivity index (χ1n) is 9.26. The maximum atomic E-state index is 11.4. The Balaban J connectivity index is 2.10. The van der Waals surface area contributed by atoms with Gasteiger partial charge in [-0.3, -0.25) is 0 Å². The van der Waals surface area contributed by atoms with Crippen LogP contribution in [0.2, 0.25) is 0 Å². The molecule has 0 aliphatic heterocycles. The van der Waals surface area contributed by atoms with Gasteiger partial charge in [0.1, 0.15) is 17.4 Å². The molecule has 1 aliphatic rings. The third kappa shape index (κ3) is 3.19. The molecule has 5 heteroatoms. The number of benzene rings is 1. The molecule has 0 bridgehead atoms. The maximum Gasteiger partial charge on any atom is 0.143 e. The van der Waals surface area contributed by atoms with Gasteiger partial charge in [0.05, 0.1) is 11.5 Å². The number of hydrogen-bond acceptors (Lipinski definition) is 4. The fourth-order valence-electron chi connectivity index (χ4n) is 3.68. The predicted octanol–water partition coefficient (Wildman–Crippen LogP) is 4.22. The molecule has 0 radical (unpaired) electrons. The second-order valence-electron chi connectivity index (χ2n) is 7.16. The van der Waals surface area contributed by atoms with E-state index in [1.807, 2.05) is 50.3 Å². The Labute approximate surface area is 154 Å². The van der Waals surface area contributed by atoms with Crippen molar-refractivity contribution in [3.05, 3.63) is 65.0 Å². The molecular weight excluding hydrogens is 326 g/mol. The fraction of sp³-hybridized carbons (Fsp3) is 0.429. The number of aliphatic hydroxyl groups is 2. The van der Waals surface area contributed by atoms with Crippen molar-refractivity contribution in [1.82, 2.24) is 15.2 Å². The summed E-state index contributed by atoms with van der Waals surface area (Å²) in [7, 11) is 0.